The molecule has 11 rings (SSSR count). The van der Waals surface area contributed by atoms with Gasteiger partial charge in [0.15, 0.2) is 80.5 Å². The number of nitrogens with one attached hydrogen (secondary N) is 5. The highest BCUT2D eigenvalue weighted by Gasteiger charge is 2.58. The molecule has 0 saturated carbocycles. The SMILES string of the molecule is C.CC[C@H]1O[C@@H](Br)[C@](C)(F)[C@@H]1C.CC[C@H]1O[C@@H](n2cnc3c(Cl)nc(Cl)nc32)[C@](C)(F)[C@@H]1C.CNc1nc(NC)c2ncn([C@@H]3O[C@H](CO)[C@@H](O)[C@@]3(C)F)c2n1.CNc1nc(NC)c2ncn([C@@H]3O[C@H](COP(=O)(N[C@@H](C)C(=O)OC(C)C)Oc4ccccc4)[C@@H](O)[C@@]3(C)F)c2n1. The quantitative estimate of drug-likeness (QED) is 0.00931. The van der Waals surface area contributed by atoms with E-state index in [0.29, 0.717) is 45.4 Å². The molecular formula is C60H87BrCl2F4N17O12P. The number of aliphatic hydroxyl groups excluding tert-OH is 3. The van der Waals surface area contributed by atoms with Crippen LogP contribution in [0.3, 0.4) is 0 Å². The summed E-state index contributed by atoms with van der Waals surface area (Å²) in [4.78, 5) is 50.2. The van der Waals surface area contributed by atoms with E-state index in [1.807, 2.05) is 27.7 Å². The van der Waals surface area contributed by atoms with Crippen molar-refractivity contribution >= 4 is 110 Å². The molecule has 7 aromatic rings. The first-order valence-electron chi connectivity index (χ1n) is 30.9. The number of fused-ring (bicyclic) bond motifs is 3. The van der Waals surface area contributed by atoms with E-state index in [4.69, 9.17) is 55.9 Å². The summed E-state index contributed by atoms with van der Waals surface area (Å²) in [5, 5.41) is 43.9. The summed E-state index contributed by atoms with van der Waals surface area (Å²) < 4.78 is 117. The number of halogens is 7. The molecule has 1 aromatic carbocycles. The molecule has 1 unspecified atom stereocenters. The van der Waals surface area contributed by atoms with Crippen LogP contribution < -0.4 is 30.9 Å². The smallest absolute Gasteiger partial charge is 0.459 e. The number of carbonyl (C=O) groups excluding carboxylic acids is 1. The first-order valence-corrected chi connectivity index (χ1v) is 34.1. The fourth-order valence-corrected chi connectivity index (χ4v) is 13.8. The summed E-state index contributed by atoms with van der Waals surface area (Å²) in [5.41, 5.74) is -5.02. The lowest BCUT2D eigenvalue weighted by atomic mass is 9.88. The van der Waals surface area contributed by atoms with Gasteiger partial charge < -0.3 is 64.8 Å². The van der Waals surface area contributed by atoms with Crippen LogP contribution in [0.15, 0.2) is 49.3 Å². The van der Waals surface area contributed by atoms with E-state index in [1.54, 1.807) is 83.9 Å². The fourth-order valence-electron chi connectivity index (χ4n) is 11.2. The molecule has 4 aliphatic heterocycles. The fraction of sp³-hybridized carbons (Fsp3) is 0.633. The van der Waals surface area contributed by atoms with E-state index in [0.717, 1.165) is 12.8 Å². The minimum Gasteiger partial charge on any atom is -0.462 e. The van der Waals surface area contributed by atoms with Crippen LogP contribution >= 0.6 is 46.9 Å². The Morgan fingerprint density at radius 2 is 1.10 bits per heavy atom. The van der Waals surface area contributed by atoms with Crippen molar-refractivity contribution in [2.24, 2.45) is 11.8 Å². The lowest BCUT2D eigenvalue weighted by molar-refractivity contribution is -0.149. The predicted molar refractivity (Wildman–Crippen MR) is 361 cm³/mol. The number of ether oxygens (including phenoxy) is 5. The molecular weight excluding hydrogens is 1410 g/mol. The van der Waals surface area contributed by atoms with Crippen molar-refractivity contribution in [1.82, 2.24) is 63.6 Å². The van der Waals surface area contributed by atoms with E-state index in [-0.39, 0.29) is 59.3 Å². The van der Waals surface area contributed by atoms with Gasteiger partial charge in [-0.2, -0.15) is 30.0 Å². The second-order valence-electron chi connectivity index (χ2n) is 24.2. The highest BCUT2D eigenvalue weighted by Crippen LogP contribution is 2.50. The van der Waals surface area contributed by atoms with E-state index >= 15 is 8.78 Å². The van der Waals surface area contributed by atoms with Gasteiger partial charge in [0.25, 0.3) is 0 Å². The van der Waals surface area contributed by atoms with Crippen molar-refractivity contribution in [3.63, 3.8) is 0 Å². The molecule has 8 N–H and O–H groups in total. The van der Waals surface area contributed by atoms with Gasteiger partial charge in [-0.15, -0.1) is 0 Å². The number of carbonyl (C=O) groups is 1. The number of anilines is 4. The number of nitrogens with zero attached hydrogens (tertiary/aromatic N) is 12. The summed E-state index contributed by atoms with van der Waals surface area (Å²) >= 11 is 15.0. The maximum Gasteiger partial charge on any atom is 0.459 e. The van der Waals surface area contributed by atoms with Gasteiger partial charge in [0.05, 0.1) is 50.5 Å². The minimum atomic E-state index is -4.28. The first kappa shape index (κ1) is 78.3. The molecule has 0 bridgehead atoms. The monoisotopic (exact) mass is 1490 g/mol. The van der Waals surface area contributed by atoms with Gasteiger partial charge in [-0.25, -0.2) is 42.1 Å². The number of hydrogen-bond acceptors (Lipinski definition) is 25. The van der Waals surface area contributed by atoms with E-state index in [9.17, 15) is 33.5 Å². The predicted octanol–water partition coefficient (Wildman–Crippen LogP) is 10.2. The van der Waals surface area contributed by atoms with Crippen LogP contribution in [0.1, 0.15) is 115 Å². The molecule has 4 fully saturated rings. The maximum absolute atomic E-state index is 16.0. The Balaban J connectivity index is 0.000000200. The highest BCUT2D eigenvalue weighted by molar-refractivity contribution is 9.09. The molecule has 97 heavy (non-hydrogen) atoms. The van der Waals surface area contributed by atoms with Crippen molar-refractivity contribution in [3.05, 3.63) is 59.8 Å². The zero-order valence-corrected chi connectivity index (χ0v) is 59.5. The van der Waals surface area contributed by atoms with Gasteiger partial charge in [0, 0.05) is 40.0 Å². The lowest BCUT2D eigenvalue weighted by Crippen LogP contribution is -2.41. The molecule has 4 saturated heterocycles. The summed E-state index contributed by atoms with van der Waals surface area (Å²) in [6, 6.07) is 7.09. The number of benzene rings is 1. The molecule has 18 atom stereocenters. The largest absolute Gasteiger partial charge is 0.462 e. The maximum atomic E-state index is 16.0. The Morgan fingerprint density at radius 3 is 1.53 bits per heavy atom. The van der Waals surface area contributed by atoms with Crippen molar-refractivity contribution in [1.29, 1.82) is 0 Å². The average molecular weight is 1500 g/mol. The van der Waals surface area contributed by atoms with Crippen molar-refractivity contribution in [3.8, 4) is 5.75 Å². The number of aromatic nitrogens is 12. The van der Waals surface area contributed by atoms with E-state index < -0.39 is 110 Å². The molecule has 10 heterocycles. The summed E-state index contributed by atoms with van der Waals surface area (Å²) in [5.74, 6) is 0.751. The van der Waals surface area contributed by atoms with Crippen LogP contribution in [0, 0.1) is 11.8 Å². The number of imidazole rings is 3. The molecule has 0 radical (unpaired) electrons. The summed E-state index contributed by atoms with van der Waals surface area (Å²) in [6.45, 7) is 17.0. The molecule has 37 heteroatoms. The Morgan fingerprint density at radius 1 is 0.660 bits per heavy atom. The first-order chi connectivity index (χ1) is 45.2. The topological polar surface area (TPSA) is 350 Å². The number of hydrogen-bond donors (Lipinski definition) is 8. The number of rotatable bonds is 19. The van der Waals surface area contributed by atoms with Gasteiger partial charge in [0.2, 0.25) is 17.2 Å². The zero-order chi connectivity index (χ0) is 70.7. The summed E-state index contributed by atoms with van der Waals surface area (Å²) in [7, 11) is 2.38. The Kier molecular flexibility index (Phi) is 25.6. The third kappa shape index (κ3) is 16.3. The molecule has 538 valence electrons. The van der Waals surface area contributed by atoms with Crippen LogP contribution in [-0.2, 0) is 37.6 Å². The van der Waals surface area contributed by atoms with Gasteiger partial charge >= 0.3 is 13.7 Å². The zero-order valence-electron chi connectivity index (χ0n) is 55.5. The van der Waals surface area contributed by atoms with Gasteiger partial charge in [-0.1, -0.05) is 80.9 Å². The normalized spacial score (nSPS) is 30.7. The van der Waals surface area contributed by atoms with Gasteiger partial charge in [0.1, 0.15) is 52.4 Å². The van der Waals surface area contributed by atoms with Crippen LogP contribution in [0.25, 0.3) is 33.5 Å². The summed E-state index contributed by atoms with van der Waals surface area (Å²) in [6.07, 6.45) is -3.49. The van der Waals surface area contributed by atoms with E-state index in [1.165, 1.54) is 55.8 Å². The van der Waals surface area contributed by atoms with Crippen molar-refractivity contribution < 1.29 is 75.0 Å². The molecule has 0 amide bonds. The average Bonchev–Trinajstić information content (AvgIpc) is 1.61. The Labute approximate surface area is 577 Å². The van der Waals surface area contributed by atoms with Crippen LogP contribution in [0.4, 0.5) is 41.1 Å². The minimum absolute atomic E-state index is 0. The lowest BCUT2D eigenvalue weighted by Gasteiger charge is -2.25. The second kappa shape index (κ2) is 31.7. The van der Waals surface area contributed by atoms with Crippen LogP contribution in [0.5, 0.6) is 5.75 Å². The van der Waals surface area contributed by atoms with Gasteiger partial charge in [-0.05, 0) is 85.0 Å². The number of para-hydroxylation sites is 1. The van der Waals surface area contributed by atoms with Crippen LogP contribution in [0.2, 0.25) is 10.4 Å². The number of esters is 1. The van der Waals surface area contributed by atoms with Crippen molar-refractivity contribution in [2.75, 3.05) is 62.7 Å². The second-order valence-corrected chi connectivity index (χ2v) is 27.4. The number of aliphatic hydroxyl groups is 3. The Hall–Kier alpha value is -6.01. The molecule has 0 aliphatic carbocycles. The Bertz CT molecular complexity index is 3850. The molecule has 29 nitrogen and oxygen atoms in total. The van der Waals surface area contributed by atoms with Gasteiger partial charge in [-0.3, -0.25) is 23.0 Å². The molecule has 0 spiro atoms. The number of alkyl halides is 5. The van der Waals surface area contributed by atoms with Crippen molar-refractivity contribution in [2.45, 2.75) is 192 Å². The molecule has 4 aliphatic rings. The third-order valence-corrected chi connectivity index (χ3v) is 20.3. The standard InChI is InChI=1S/C25H35FN7O7P.C13H15Cl2FN4O.C13H19FN6O3.C8H14BrFO.CH4/c1-14(2)38-22(35)15(3)32-41(36,40-16-10-8-7-9-11-16)37-12-17-19(34)25(4,26)23(39-17)33-13-29-18-20(27-5)30-24(28-6)31-21(18)33;1-4-7-6(2)13(3,16)11(21-7)20-5-17-8-9(14)18-12(15)19-10(8)20;1-13(14)8(22)6(4-21)23-11(13)20-5-17-7-9(15-2)18-12(16-3)19-10(7)20;1-4-6-5(2)8(3,10)7(9)11-6;/h7-11,13-15,17,19,23,34H,12H2,1-6H3,(H,32,36)(H2,27,28,30,31);5-7,11H,4H2,1-3H3;5-6,8,11,21-22H,4H2,1-3H3,(H2,15,16,18,19);5-7H,4H2,1-3H3;1H4/t15-,17+,19+,23+,25+,41?;6-,7-,11-,13-;6-,8-,11-,13-;5-,6-,7-,8-;/m0111./s1. The van der Waals surface area contributed by atoms with Crippen LogP contribution in [-0.4, -0.2) is 198 Å². The highest BCUT2D eigenvalue weighted by atomic mass is 79.9. The molecule has 6 aromatic heterocycles. The van der Waals surface area contributed by atoms with E-state index in [2.05, 4.69) is 87.1 Å². The third-order valence-electron chi connectivity index (χ3n) is 17.1.